The van der Waals surface area contributed by atoms with Crippen molar-refractivity contribution in [1.82, 2.24) is 10.2 Å². The van der Waals surface area contributed by atoms with Gasteiger partial charge in [-0.2, -0.15) is 5.10 Å². The summed E-state index contributed by atoms with van der Waals surface area (Å²) in [5.74, 6) is 0. The van der Waals surface area contributed by atoms with E-state index in [-0.39, 0.29) is 0 Å². The molecule has 0 amide bonds. The molecule has 1 N–H and O–H groups in total. The lowest BCUT2D eigenvalue weighted by Crippen LogP contribution is -1.80. The monoisotopic (exact) mass is 140 g/mol. The summed E-state index contributed by atoms with van der Waals surface area (Å²) in [7, 11) is 0. The SMILES string of the molecule is CC.CCCc1ccn[nH]1. The van der Waals surface area contributed by atoms with Crippen molar-refractivity contribution >= 4 is 0 Å². The van der Waals surface area contributed by atoms with Crippen LogP contribution in [0.1, 0.15) is 32.9 Å². The number of rotatable bonds is 2. The van der Waals surface area contributed by atoms with Gasteiger partial charge in [-0.25, -0.2) is 0 Å². The van der Waals surface area contributed by atoms with Crippen molar-refractivity contribution in [2.45, 2.75) is 33.6 Å². The molecular formula is C8H16N2. The zero-order valence-electron chi connectivity index (χ0n) is 7.02. The van der Waals surface area contributed by atoms with Crippen molar-refractivity contribution < 1.29 is 0 Å². The summed E-state index contributed by atoms with van der Waals surface area (Å²) < 4.78 is 0. The number of H-pyrrole nitrogens is 1. The van der Waals surface area contributed by atoms with Crippen LogP contribution in [-0.4, -0.2) is 10.2 Å². The summed E-state index contributed by atoms with van der Waals surface area (Å²) in [6.07, 6.45) is 4.08. The number of hydrogen-bond acceptors (Lipinski definition) is 1. The van der Waals surface area contributed by atoms with Crippen molar-refractivity contribution in [3.05, 3.63) is 18.0 Å². The molecule has 58 valence electrons. The van der Waals surface area contributed by atoms with E-state index in [1.807, 2.05) is 19.9 Å². The van der Waals surface area contributed by atoms with Crippen LogP contribution in [0.15, 0.2) is 12.3 Å². The molecule has 1 aromatic heterocycles. The first-order valence-electron chi connectivity index (χ1n) is 3.91. The number of hydrogen-bond donors (Lipinski definition) is 1. The molecule has 0 unspecified atom stereocenters. The fourth-order valence-electron chi connectivity index (χ4n) is 0.693. The van der Waals surface area contributed by atoms with E-state index in [4.69, 9.17) is 0 Å². The molecule has 0 saturated carbocycles. The Balaban J connectivity index is 0.000000371. The van der Waals surface area contributed by atoms with Crippen molar-refractivity contribution in [2.24, 2.45) is 0 Å². The summed E-state index contributed by atoms with van der Waals surface area (Å²) >= 11 is 0. The third-order valence-electron chi connectivity index (χ3n) is 1.08. The predicted octanol–water partition coefficient (Wildman–Crippen LogP) is 2.39. The largest absolute Gasteiger partial charge is 0.283 e. The highest BCUT2D eigenvalue weighted by Crippen LogP contribution is 1.94. The molecule has 10 heavy (non-hydrogen) atoms. The average molecular weight is 140 g/mol. The molecule has 2 heteroatoms. The lowest BCUT2D eigenvalue weighted by Gasteiger charge is -1.86. The van der Waals surface area contributed by atoms with Gasteiger partial charge in [0, 0.05) is 11.9 Å². The first-order valence-corrected chi connectivity index (χ1v) is 3.91. The molecule has 0 atom stereocenters. The van der Waals surface area contributed by atoms with Crippen LogP contribution in [0.25, 0.3) is 0 Å². The van der Waals surface area contributed by atoms with E-state index in [0.717, 1.165) is 6.42 Å². The fraction of sp³-hybridized carbons (Fsp3) is 0.625. The quantitative estimate of drug-likeness (QED) is 0.671. The summed E-state index contributed by atoms with van der Waals surface area (Å²) in [6.45, 7) is 6.15. The molecule has 0 spiro atoms. The van der Waals surface area contributed by atoms with E-state index < -0.39 is 0 Å². The topological polar surface area (TPSA) is 28.7 Å². The second-order valence-electron chi connectivity index (χ2n) is 1.83. The van der Waals surface area contributed by atoms with Gasteiger partial charge < -0.3 is 0 Å². The molecule has 1 aromatic rings. The van der Waals surface area contributed by atoms with Crippen LogP contribution < -0.4 is 0 Å². The second-order valence-corrected chi connectivity index (χ2v) is 1.83. The maximum absolute atomic E-state index is 3.82. The van der Waals surface area contributed by atoms with Gasteiger partial charge in [0.15, 0.2) is 0 Å². The number of nitrogens with one attached hydrogen (secondary N) is 1. The maximum Gasteiger partial charge on any atom is 0.0490 e. The summed E-state index contributed by atoms with van der Waals surface area (Å²) in [5, 5.41) is 6.70. The van der Waals surface area contributed by atoms with Gasteiger partial charge in [0.2, 0.25) is 0 Å². The van der Waals surface area contributed by atoms with Gasteiger partial charge >= 0.3 is 0 Å². The van der Waals surface area contributed by atoms with Crippen LogP contribution in [0.5, 0.6) is 0 Å². The van der Waals surface area contributed by atoms with Gasteiger partial charge in [0.05, 0.1) is 0 Å². The van der Waals surface area contributed by atoms with Gasteiger partial charge in [-0.3, -0.25) is 5.10 Å². The van der Waals surface area contributed by atoms with Crippen LogP contribution in [-0.2, 0) is 6.42 Å². The lowest BCUT2D eigenvalue weighted by molar-refractivity contribution is 0.867. The summed E-state index contributed by atoms with van der Waals surface area (Å²) in [4.78, 5) is 0. The van der Waals surface area contributed by atoms with Crippen molar-refractivity contribution in [3.63, 3.8) is 0 Å². The van der Waals surface area contributed by atoms with E-state index in [1.165, 1.54) is 12.1 Å². The van der Waals surface area contributed by atoms with Gasteiger partial charge in [0.1, 0.15) is 0 Å². The maximum atomic E-state index is 3.82. The lowest BCUT2D eigenvalue weighted by atomic mass is 10.3. The number of aromatic nitrogens is 2. The number of aromatic amines is 1. The van der Waals surface area contributed by atoms with Crippen molar-refractivity contribution in [1.29, 1.82) is 0 Å². The molecule has 0 aliphatic carbocycles. The Morgan fingerprint density at radius 3 is 2.60 bits per heavy atom. The Kier molecular flexibility index (Phi) is 5.83. The van der Waals surface area contributed by atoms with Crippen LogP contribution in [0.2, 0.25) is 0 Å². The number of aryl methyl sites for hydroxylation is 1. The summed E-state index contributed by atoms with van der Waals surface area (Å²) in [5.41, 5.74) is 1.23. The predicted molar refractivity (Wildman–Crippen MR) is 43.9 cm³/mol. The van der Waals surface area contributed by atoms with Crippen LogP contribution in [0.4, 0.5) is 0 Å². The second kappa shape index (κ2) is 6.33. The summed E-state index contributed by atoms with van der Waals surface area (Å²) in [6, 6.07) is 2.00. The molecule has 1 rings (SSSR count). The van der Waals surface area contributed by atoms with Crippen LogP contribution in [0, 0.1) is 0 Å². The molecule has 0 bridgehead atoms. The molecule has 0 fully saturated rings. The van der Waals surface area contributed by atoms with Gasteiger partial charge in [-0.15, -0.1) is 0 Å². The molecule has 2 nitrogen and oxygen atoms in total. The molecular weight excluding hydrogens is 124 g/mol. The Bertz CT molecular complexity index is 133. The van der Waals surface area contributed by atoms with E-state index in [2.05, 4.69) is 17.1 Å². The third-order valence-corrected chi connectivity index (χ3v) is 1.08. The van der Waals surface area contributed by atoms with E-state index in [0.29, 0.717) is 0 Å². The molecule has 0 aliphatic heterocycles. The number of nitrogens with zero attached hydrogens (tertiary/aromatic N) is 1. The van der Waals surface area contributed by atoms with Crippen molar-refractivity contribution in [3.8, 4) is 0 Å². The van der Waals surface area contributed by atoms with Gasteiger partial charge in [0.25, 0.3) is 0 Å². The van der Waals surface area contributed by atoms with Gasteiger partial charge in [-0.05, 0) is 12.5 Å². The first kappa shape index (κ1) is 9.21. The molecule has 0 aromatic carbocycles. The molecule has 0 aliphatic rings. The Labute approximate surface area is 62.7 Å². The standard InChI is InChI=1S/C6H10N2.C2H6/c1-2-3-6-4-5-7-8-6;1-2/h4-5H,2-3H2,1H3,(H,7,8);1-2H3. The third kappa shape index (κ3) is 3.28. The first-order chi connectivity index (χ1) is 4.93. The Morgan fingerprint density at radius 1 is 1.50 bits per heavy atom. The highest BCUT2D eigenvalue weighted by atomic mass is 15.1. The molecule has 0 radical (unpaired) electrons. The highest BCUT2D eigenvalue weighted by Gasteiger charge is 1.86. The normalized spacial score (nSPS) is 8.30. The molecule has 1 heterocycles. The van der Waals surface area contributed by atoms with Crippen LogP contribution >= 0.6 is 0 Å². The highest BCUT2D eigenvalue weighted by molar-refractivity contribution is 4.96. The van der Waals surface area contributed by atoms with E-state index >= 15 is 0 Å². The zero-order chi connectivity index (χ0) is 7.82. The zero-order valence-corrected chi connectivity index (χ0v) is 7.02. The van der Waals surface area contributed by atoms with Crippen molar-refractivity contribution in [2.75, 3.05) is 0 Å². The molecule has 0 saturated heterocycles. The van der Waals surface area contributed by atoms with Crippen LogP contribution in [0.3, 0.4) is 0 Å². The average Bonchev–Trinajstić information content (AvgIpc) is 2.46. The minimum atomic E-state index is 1.11. The fourth-order valence-corrected chi connectivity index (χ4v) is 0.693. The minimum Gasteiger partial charge on any atom is -0.283 e. The Morgan fingerprint density at radius 2 is 2.20 bits per heavy atom. The minimum absolute atomic E-state index is 1.11. The van der Waals surface area contributed by atoms with E-state index in [9.17, 15) is 0 Å². The smallest absolute Gasteiger partial charge is 0.0490 e. The van der Waals surface area contributed by atoms with E-state index in [1.54, 1.807) is 6.20 Å². The Hall–Kier alpha value is -0.790. The van der Waals surface area contributed by atoms with Gasteiger partial charge in [-0.1, -0.05) is 27.2 Å².